The summed E-state index contributed by atoms with van der Waals surface area (Å²) in [6.45, 7) is 1.95. The van der Waals surface area contributed by atoms with Crippen molar-refractivity contribution in [2.24, 2.45) is 0 Å². The van der Waals surface area contributed by atoms with Crippen LogP contribution in [-0.4, -0.2) is 15.0 Å². The molecule has 6 nitrogen and oxygen atoms in total. The zero-order valence-corrected chi connectivity index (χ0v) is 14.6. The van der Waals surface area contributed by atoms with Crippen molar-refractivity contribution < 1.29 is 4.74 Å². The number of hydrogen-bond donors (Lipinski definition) is 1. The van der Waals surface area contributed by atoms with Crippen LogP contribution in [0.5, 0.6) is 11.5 Å². The van der Waals surface area contributed by atoms with E-state index in [1.807, 2.05) is 25.1 Å². The maximum atomic E-state index is 8.90. The number of aromatic nitrogens is 3. The Morgan fingerprint density at radius 3 is 2.77 bits per heavy atom. The lowest BCUT2D eigenvalue weighted by Gasteiger charge is -2.11. The van der Waals surface area contributed by atoms with E-state index >= 15 is 0 Å². The second-order valence-electron chi connectivity index (χ2n) is 5.57. The van der Waals surface area contributed by atoms with E-state index in [9.17, 15) is 0 Å². The van der Waals surface area contributed by atoms with Gasteiger partial charge in [-0.2, -0.15) is 5.26 Å². The summed E-state index contributed by atoms with van der Waals surface area (Å²) in [6, 6.07) is 14.7. The molecule has 0 aliphatic rings. The second kappa shape index (κ2) is 6.78. The topological polar surface area (TPSA) is 83.7 Å². The van der Waals surface area contributed by atoms with Crippen LogP contribution in [0.3, 0.4) is 0 Å². The maximum Gasteiger partial charge on any atom is 0.191 e. The highest BCUT2D eigenvalue weighted by atomic mass is 32.1. The molecule has 0 aliphatic carbocycles. The fraction of sp³-hybridized carbons (Fsp3) is 0.0526. The number of ether oxygens (including phenoxy) is 1. The Balaban J connectivity index is 1.64. The van der Waals surface area contributed by atoms with Crippen molar-refractivity contribution in [1.82, 2.24) is 15.0 Å². The van der Waals surface area contributed by atoms with Gasteiger partial charge in [-0.1, -0.05) is 11.3 Å². The van der Waals surface area contributed by atoms with E-state index in [2.05, 4.69) is 26.3 Å². The van der Waals surface area contributed by atoms with Crippen molar-refractivity contribution in [3.63, 3.8) is 0 Å². The summed E-state index contributed by atoms with van der Waals surface area (Å²) in [5, 5.41) is 12.8. The predicted molar refractivity (Wildman–Crippen MR) is 101 cm³/mol. The molecule has 126 valence electrons. The minimum absolute atomic E-state index is 0.569. The lowest BCUT2D eigenvalue weighted by Crippen LogP contribution is -1.97. The van der Waals surface area contributed by atoms with Crippen LogP contribution in [0.15, 0.2) is 54.9 Å². The Bertz CT molecular complexity index is 1080. The van der Waals surface area contributed by atoms with Crippen molar-refractivity contribution in [3.05, 3.63) is 66.0 Å². The summed E-state index contributed by atoms with van der Waals surface area (Å²) < 4.78 is 5.96. The van der Waals surface area contributed by atoms with E-state index < -0.39 is 0 Å². The van der Waals surface area contributed by atoms with E-state index in [-0.39, 0.29) is 0 Å². The number of nitrogens with zero attached hydrogens (tertiary/aromatic N) is 4. The molecule has 4 aromatic rings. The molecule has 0 saturated carbocycles. The first-order chi connectivity index (χ1) is 12.7. The van der Waals surface area contributed by atoms with Crippen molar-refractivity contribution in [3.8, 4) is 17.6 Å². The largest absolute Gasteiger partial charge is 0.453 e. The normalized spacial score (nSPS) is 10.5. The summed E-state index contributed by atoms with van der Waals surface area (Å²) in [5.41, 5.74) is 2.40. The molecular weight excluding hydrogens is 346 g/mol. The molecule has 3 aromatic heterocycles. The monoisotopic (exact) mass is 359 g/mol. The van der Waals surface area contributed by atoms with Gasteiger partial charge in [0.1, 0.15) is 16.1 Å². The highest BCUT2D eigenvalue weighted by Gasteiger charge is 2.11. The third-order valence-electron chi connectivity index (χ3n) is 3.59. The zero-order chi connectivity index (χ0) is 17.9. The van der Waals surface area contributed by atoms with Gasteiger partial charge in [0.25, 0.3) is 0 Å². The van der Waals surface area contributed by atoms with Gasteiger partial charge in [0.05, 0.1) is 11.6 Å². The zero-order valence-electron chi connectivity index (χ0n) is 13.8. The first kappa shape index (κ1) is 16.0. The van der Waals surface area contributed by atoms with Crippen molar-refractivity contribution in [2.75, 3.05) is 5.32 Å². The number of pyridine rings is 2. The molecule has 3 heterocycles. The minimum Gasteiger partial charge on any atom is -0.453 e. The predicted octanol–water partition coefficient (Wildman–Crippen LogP) is 4.80. The van der Waals surface area contributed by atoms with Crippen LogP contribution in [0.25, 0.3) is 10.3 Å². The highest BCUT2D eigenvalue weighted by Crippen LogP contribution is 2.33. The maximum absolute atomic E-state index is 8.90. The lowest BCUT2D eigenvalue weighted by atomic mass is 10.2. The molecule has 0 unspecified atom stereocenters. The number of aryl methyl sites for hydroxylation is 1. The molecule has 26 heavy (non-hydrogen) atoms. The Morgan fingerprint density at radius 2 is 2.00 bits per heavy atom. The fourth-order valence-corrected chi connectivity index (χ4v) is 3.17. The van der Waals surface area contributed by atoms with Crippen LogP contribution in [0.2, 0.25) is 0 Å². The van der Waals surface area contributed by atoms with Gasteiger partial charge in [-0.25, -0.2) is 15.0 Å². The van der Waals surface area contributed by atoms with E-state index in [4.69, 9.17) is 10.00 Å². The van der Waals surface area contributed by atoms with Crippen LogP contribution in [-0.2, 0) is 0 Å². The van der Waals surface area contributed by atoms with Crippen LogP contribution < -0.4 is 10.1 Å². The van der Waals surface area contributed by atoms with Gasteiger partial charge < -0.3 is 10.1 Å². The molecular formula is C19H13N5OS. The number of rotatable bonds is 4. The van der Waals surface area contributed by atoms with Gasteiger partial charge >= 0.3 is 0 Å². The molecule has 0 radical (unpaired) electrons. The summed E-state index contributed by atoms with van der Waals surface area (Å²) >= 11 is 1.45. The molecule has 0 fully saturated rings. The van der Waals surface area contributed by atoms with Crippen LogP contribution in [0, 0.1) is 18.3 Å². The van der Waals surface area contributed by atoms with Crippen LogP contribution >= 0.6 is 11.3 Å². The first-order valence-electron chi connectivity index (χ1n) is 7.84. The SMILES string of the molecule is Cc1cnc(Nc2nc3cccnc3s2)c(Oc2ccc(C#N)cc2)c1. The smallest absolute Gasteiger partial charge is 0.191 e. The van der Waals surface area contributed by atoms with Crippen LogP contribution in [0.4, 0.5) is 10.9 Å². The molecule has 0 aliphatic heterocycles. The number of fused-ring (bicyclic) bond motifs is 1. The molecule has 0 atom stereocenters. The number of benzene rings is 1. The molecule has 4 rings (SSSR count). The molecule has 1 N–H and O–H groups in total. The second-order valence-corrected chi connectivity index (χ2v) is 6.55. The summed E-state index contributed by atoms with van der Waals surface area (Å²) in [6.07, 6.45) is 3.51. The molecule has 0 bridgehead atoms. The molecule has 7 heteroatoms. The van der Waals surface area contributed by atoms with E-state index in [1.165, 1.54) is 11.3 Å². The van der Waals surface area contributed by atoms with Crippen molar-refractivity contribution in [2.45, 2.75) is 6.92 Å². The molecule has 1 aromatic carbocycles. The molecule has 0 spiro atoms. The Labute approximate surface area is 153 Å². The number of hydrogen-bond acceptors (Lipinski definition) is 7. The Hall–Kier alpha value is -3.50. The van der Waals surface area contributed by atoms with Gasteiger partial charge in [-0.15, -0.1) is 0 Å². The van der Waals surface area contributed by atoms with Gasteiger partial charge in [-0.3, -0.25) is 0 Å². The van der Waals surface area contributed by atoms with Gasteiger partial charge in [-0.05, 0) is 55.0 Å². The van der Waals surface area contributed by atoms with E-state index in [1.54, 1.807) is 36.7 Å². The highest BCUT2D eigenvalue weighted by molar-refractivity contribution is 7.21. The molecule has 0 amide bonds. The minimum atomic E-state index is 0.569. The summed E-state index contributed by atoms with van der Waals surface area (Å²) in [5.74, 6) is 1.78. The molecule has 0 saturated heterocycles. The van der Waals surface area contributed by atoms with Crippen LogP contribution in [0.1, 0.15) is 11.1 Å². The van der Waals surface area contributed by atoms with E-state index in [0.717, 1.165) is 15.9 Å². The summed E-state index contributed by atoms with van der Waals surface area (Å²) in [7, 11) is 0. The number of thiazole rings is 1. The lowest BCUT2D eigenvalue weighted by molar-refractivity contribution is 0.482. The van der Waals surface area contributed by atoms with Gasteiger partial charge in [0.2, 0.25) is 0 Å². The van der Waals surface area contributed by atoms with Crippen molar-refractivity contribution >= 4 is 32.6 Å². The number of nitrogens with one attached hydrogen (secondary N) is 1. The number of nitriles is 1. The Morgan fingerprint density at radius 1 is 1.15 bits per heavy atom. The Kier molecular flexibility index (Phi) is 4.17. The van der Waals surface area contributed by atoms with Crippen molar-refractivity contribution in [1.29, 1.82) is 5.26 Å². The summed E-state index contributed by atoms with van der Waals surface area (Å²) in [4.78, 5) is 14.1. The quantitative estimate of drug-likeness (QED) is 0.563. The standard InChI is InChI=1S/C19H13N5OS/c1-12-9-16(25-14-6-4-13(10-20)5-7-14)17(22-11-12)24-19-23-15-3-2-8-21-18(15)26-19/h2-9,11H,1H3,(H,22,23,24). The fourth-order valence-electron chi connectivity index (χ4n) is 2.36. The average molecular weight is 359 g/mol. The first-order valence-corrected chi connectivity index (χ1v) is 8.66. The third-order valence-corrected chi connectivity index (χ3v) is 4.49. The third kappa shape index (κ3) is 3.31. The van der Waals surface area contributed by atoms with Gasteiger partial charge in [0, 0.05) is 12.4 Å². The van der Waals surface area contributed by atoms with Gasteiger partial charge in [0.15, 0.2) is 16.7 Å². The average Bonchev–Trinajstić information content (AvgIpc) is 3.07. The van der Waals surface area contributed by atoms with E-state index in [0.29, 0.717) is 28.0 Å². The number of anilines is 2.